The molecule has 60 heavy (non-hydrogen) atoms. The third-order valence-corrected chi connectivity index (χ3v) is 15.9. The summed E-state index contributed by atoms with van der Waals surface area (Å²) in [7, 11) is 0. The second-order valence-electron chi connectivity index (χ2n) is 27.9. The Balaban J connectivity index is 1.65. The molecule has 8 atom stereocenters. The number of anilines is 2. The molecule has 0 radical (unpaired) electrons. The Morgan fingerprint density at radius 2 is 0.783 bits per heavy atom. The monoisotopic (exact) mass is 821 g/mol. The van der Waals surface area contributed by atoms with Gasteiger partial charge in [-0.25, -0.2) is 0 Å². The minimum absolute atomic E-state index is 0.00373. The molecule has 5 rings (SSSR count). The zero-order valence-electron chi connectivity index (χ0n) is 43.3. The first-order valence-corrected chi connectivity index (χ1v) is 24.6. The Morgan fingerprint density at radius 3 is 1.07 bits per heavy atom. The summed E-state index contributed by atoms with van der Waals surface area (Å²) in [5.41, 5.74) is 11.7. The molecule has 338 valence electrons. The van der Waals surface area contributed by atoms with E-state index in [1.165, 1.54) is 68.3 Å². The fourth-order valence-electron chi connectivity index (χ4n) is 11.3. The highest BCUT2D eigenvalue weighted by atomic mass is 15.0. The zero-order chi connectivity index (χ0) is 45.2. The lowest BCUT2D eigenvalue weighted by Crippen LogP contribution is -2.44. The maximum Gasteiger partial charge on any atom is 0.0544 e. The normalized spacial score (nSPS) is 29.3. The van der Waals surface area contributed by atoms with Crippen LogP contribution in [0.3, 0.4) is 0 Å². The van der Waals surface area contributed by atoms with E-state index in [4.69, 9.17) is 0 Å². The average Bonchev–Trinajstić information content (AvgIpc) is 3.08. The first-order valence-electron chi connectivity index (χ1n) is 24.6. The molecule has 8 unspecified atom stereocenters. The van der Waals surface area contributed by atoms with Crippen LogP contribution in [0.25, 0.3) is 0 Å². The molecule has 1 aromatic rings. The minimum atomic E-state index is 0.00373. The Kier molecular flexibility index (Phi) is 13.9. The fourth-order valence-corrected chi connectivity index (χ4v) is 11.3. The predicted molar refractivity (Wildman–Crippen MR) is 267 cm³/mol. The topological polar surface area (TPSA) is 24.1 Å². The first-order chi connectivity index (χ1) is 27.1. The molecule has 0 aromatic heterocycles. The fraction of sp³-hybridized carbons (Fsp3) is 0.759. The summed E-state index contributed by atoms with van der Waals surface area (Å²) in [6.07, 6.45) is 20.7. The molecule has 2 N–H and O–H groups in total. The highest BCUT2D eigenvalue weighted by Gasteiger charge is 2.45. The summed E-state index contributed by atoms with van der Waals surface area (Å²) >= 11 is 0. The minimum Gasteiger partial charge on any atom is -0.378 e. The van der Waals surface area contributed by atoms with Crippen molar-refractivity contribution in [1.29, 1.82) is 0 Å². The predicted octanol–water partition coefficient (Wildman–Crippen LogP) is 17.4. The molecule has 4 aliphatic carbocycles. The van der Waals surface area contributed by atoms with Gasteiger partial charge < -0.3 is 10.6 Å². The molecule has 0 saturated heterocycles. The van der Waals surface area contributed by atoms with Gasteiger partial charge in [0, 0.05) is 23.2 Å². The summed E-state index contributed by atoms with van der Waals surface area (Å²) in [6, 6.07) is 7.99. The molecular formula is C58H96N2. The van der Waals surface area contributed by atoms with Gasteiger partial charge in [0.15, 0.2) is 0 Å². The summed E-state index contributed by atoms with van der Waals surface area (Å²) < 4.78 is 0. The van der Waals surface area contributed by atoms with Gasteiger partial charge in [-0.15, -0.1) is 0 Å². The lowest BCUT2D eigenvalue weighted by molar-refractivity contribution is 0.190. The van der Waals surface area contributed by atoms with Crippen LogP contribution in [0, 0.1) is 68.0 Å². The molecule has 0 saturated carbocycles. The Labute approximate surface area is 373 Å². The lowest BCUT2D eigenvalue weighted by Gasteiger charge is -2.48. The van der Waals surface area contributed by atoms with Gasteiger partial charge in [-0.2, -0.15) is 0 Å². The van der Waals surface area contributed by atoms with Crippen molar-refractivity contribution in [3.8, 4) is 0 Å². The Morgan fingerprint density at radius 1 is 0.433 bits per heavy atom. The van der Waals surface area contributed by atoms with Gasteiger partial charge in [-0.3, -0.25) is 0 Å². The van der Waals surface area contributed by atoms with Crippen molar-refractivity contribution < 1.29 is 0 Å². The lowest BCUT2D eigenvalue weighted by atomic mass is 9.60. The maximum absolute atomic E-state index is 4.39. The third kappa shape index (κ3) is 11.7. The Bertz CT molecular complexity index is 1650. The van der Waals surface area contributed by atoms with Crippen molar-refractivity contribution in [2.24, 2.45) is 68.0 Å². The van der Waals surface area contributed by atoms with Crippen molar-refractivity contribution in [3.05, 3.63) is 70.4 Å². The number of benzene rings is 1. The first kappa shape index (κ1) is 48.8. The molecule has 0 fully saturated rings. The third-order valence-electron chi connectivity index (χ3n) is 15.9. The standard InChI is InChI=1S/C58H96N2/c1-52(2,3)39-26-22-24-37(28-39)46-32-42(55(10,11)12)34-48(57(16,17)18)50(46)59-44-30-41(54(7,8)9)31-45(36-44)60-51-47(38-25-23-27-40(29-38)53(4,5)6)33-43(56(13,14)15)35-49(51)58(19,20)21/h24-25,30-31,34-36,39-40,42-43,46-47,50-51,59-60H,22-23,26-29,32-33H2,1-21H3. The van der Waals surface area contributed by atoms with E-state index < -0.39 is 0 Å². The van der Waals surface area contributed by atoms with E-state index in [-0.39, 0.29) is 39.2 Å². The summed E-state index contributed by atoms with van der Waals surface area (Å²) in [5, 5.41) is 8.78. The number of hydrogen-bond donors (Lipinski definition) is 2. The quantitative estimate of drug-likeness (QED) is 0.279. The number of hydrogen-bond acceptors (Lipinski definition) is 2. The van der Waals surface area contributed by atoms with E-state index in [0.29, 0.717) is 34.5 Å². The van der Waals surface area contributed by atoms with E-state index in [1.54, 1.807) is 22.3 Å². The van der Waals surface area contributed by atoms with Crippen LogP contribution in [0.2, 0.25) is 0 Å². The molecule has 0 amide bonds. The number of nitrogens with one attached hydrogen (secondary N) is 2. The van der Waals surface area contributed by atoms with Gasteiger partial charge in [-0.1, -0.05) is 181 Å². The van der Waals surface area contributed by atoms with Crippen LogP contribution in [-0.2, 0) is 5.41 Å². The van der Waals surface area contributed by atoms with Crippen molar-refractivity contribution in [1.82, 2.24) is 0 Å². The summed E-state index contributed by atoms with van der Waals surface area (Å²) in [6.45, 7) is 51.5. The van der Waals surface area contributed by atoms with E-state index in [9.17, 15) is 0 Å². The average molecular weight is 821 g/mol. The van der Waals surface area contributed by atoms with Crippen LogP contribution < -0.4 is 10.6 Å². The SMILES string of the molecule is CC(C)(C)C1=CC(C(C)(C)C)CC(C2=CCCC(C(C)(C)C)C2)C1Nc1cc(NC2C(C(C)(C)C)=CC(C(C)(C)C)CC2C2=CCCC(C(C)(C)C)C2)cc(C(C)(C)C)c1. The van der Waals surface area contributed by atoms with Gasteiger partial charge in [0.2, 0.25) is 0 Å². The summed E-state index contributed by atoms with van der Waals surface area (Å²) in [4.78, 5) is 0. The molecule has 0 bridgehead atoms. The highest BCUT2D eigenvalue weighted by molar-refractivity contribution is 5.63. The second kappa shape index (κ2) is 17.1. The van der Waals surface area contributed by atoms with Crippen molar-refractivity contribution in [2.45, 2.75) is 214 Å². The van der Waals surface area contributed by atoms with Gasteiger partial charge in [0.05, 0.1) is 12.1 Å². The smallest absolute Gasteiger partial charge is 0.0544 e. The molecular weight excluding hydrogens is 725 g/mol. The largest absolute Gasteiger partial charge is 0.378 e. The van der Waals surface area contributed by atoms with Gasteiger partial charge in [0.25, 0.3) is 0 Å². The van der Waals surface area contributed by atoms with Crippen LogP contribution in [0.15, 0.2) is 64.8 Å². The molecule has 4 aliphatic rings. The van der Waals surface area contributed by atoms with Crippen LogP contribution in [-0.4, -0.2) is 12.1 Å². The van der Waals surface area contributed by atoms with E-state index >= 15 is 0 Å². The summed E-state index contributed by atoms with van der Waals surface area (Å²) in [5.74, 6) is 3.46. The van der Waals surface area contributed by atoms with Gasteiger partial charge >= 0.3 is 0 Å². The van der Waals surface area contributed by atoms with Crippen molar-refractivity contribution in [3.63, 3.8) is 0 Å². The van der Waals surface area contributed by atoms with Crippen LogP contribution >= 0.6 is 0 Å². The second-order valence-corrected chi connectivity index (χ2v) is 27.9. The highest BCUT2D eigenvalue weighted by Crippen LogP contribution is 2.53. The van der Waals surface area contributed by atoms with E-state index in [2.05, 4.69) is 199 Å². The van der Waals surface area contributed by atoms with Crippen LogP contribution in [0.5, 0.6) is 0 Å². The number of allylic oxidation sites excluding steroid dienone is 4. The molecule has 1 aromatic carbocycles. The van der Waals surface area contributed by atoms with Crippen LogP contribution in [0.1, 0.15) is 202 Å². The molecule has 2 nitrogen and oxygen atoms in total. The maximum atomic E-state index is 4.39. The van der Waals surface area contributed by atoms with E-state index in [1.807, 2.05) is 0 Å². The zero-order valence-corrected chi connectivity index (χ0v) is 43.3. The number of rotatable bonds is 6. The molecule has 0 heterocycles. The molecule has 0 aliphatic heterocycles. The van der Waals surface area contributed by atoms with Gasteiger partial charge in [-0.05, 0) is 148 Å². The van der Waals surface area contributed by atoms with Crippen molar-refractivity contribution >= 4 is 11.4 Å². The van der Waals surface area contributed by atoms with Crippen molar-refractivity contribution in [2.75, 3.05) is 10.6 Å². The molecule has 0 spiro atoms. The van der Waals surface area contributed by atoms with Crippen LogP contribution in [0.4, 0.5) is 11.4 Å². The van der Waals surface area contributed by atoms with E-state index in [0.717, 1.165) is 11.8 Å². The Hall–Kier alpha value is -2.22. The molecule has 2 heteroatoms. The van der Waals surface area contributed by atoms with Gasteiger partial charge in [0.1, 0.15) is 0 Å².